The first kappa shape index (κ1) is 13.6. The summed E-state index contributed by atoms with van der Waals surface area (Å²) in [4.78, 5) is 26.4. The maximum Gasteiger partial charge on any atom is 0.246 e. The van der Waals surface area contributed by atoms with Crippen LogP contribution < -0.4 is 5.32 Å². The van der Waals surface area contributed by atoms with Gasteiger partial charge in [0.25, 0.3) is 0 Å². The molecule has 2 aliphatic rings. The van der Waals surface area contributed by atoms with E-state index in [9.17, 15) is 9.59 Å². The van der Waals surface area contributed by atoms with Gasteiger partial charge in [-0.25, -0.2) is 0 Å². The normalized spacial score (nSPS) is 21.4. The van der Waals surface area contributed by atoms with Crippen LogP contribution in [0, 0.1) is 0 Å². The Hall–Kier alpha value is -1.36. The molecule has 1 saturated carbocycles. The van der Waals surface area contributed by atoms with Crippen LogP contribution in [0.1, 0.15) is 31.2 Å². The molecule has 1 aromatic rings. The highest BCUT2D eigenvalue weighted by Crippen LogP contribution is 2.38. The fraction of sp³-hybridized carbons (Fsp3) is 0.467. The summed E-state index contributed by atoms with van der Waals surface area (Å²) in [5, 5.41) is 2.75. The molecule has 5 heteroatoms. The lowest BCUT2D eigenvalue weighted by Crippen LogP contribution is -2.65. The van der Waals surface area contributed by atoms with Gasteiger partial charge in [-0.05, 0) is 30.5 Å². The van der Waals surface area contributed by atoms with Gasteiger partial charge in [0.05, 0.1) is 6.54 Å². The zero-order chi connectivity index (χ0) is 14.2. The van der Waals surface area contributed by atoms with Crippen molar-refractivity contribution in [1.82, 2.24) is 10.2 Å². The Morgan fingerprint density at radius 3 is 2.70 bits per heavy atom. The van der Waals surface area contributed by atoms with Crippen LogP contribution in [0.2, 0.25) is 0 Å². The van der Waals surface area contributed by atoms with Crippen molar-refractivity contribution < 1.29 is 9.59 Å². The molecule has 20 heavy (non-hydrogen) atoms. The van der Waals surface area contributed by atoms with Crippen molar-refractivity contribution in [2.75, 3.05) is 6.54 Å². The fourth-order valence-electron chi connectivity index (χ4n) is 3.29. The Balaban J connectivity index is 1.91. The highest BCUT2D eigenvalue weighted by molar-refractivity contribution is 9.10. The predicted molar refractivity (Wildman–Crippen MR) is 78.9 cm³/mol. The predicted octanol–water partition coefficient (Wildman–Crippen LogP) is 2.22. The number of nitrogens with zero attached hydrogens (tertiary/aromatic N) is 1. The lowest BCUT2D eigenvalue weighted by atomic mass is 9.91. The molecule has 3 rings (SSSR count). The molecular formula is C15H17BrN2O2. The maximum absolute atomic E-state index is 12.3. The van der Waals surface area contributed by atoms with Crippen molar-refractivity contribution in [2.45, 2.75) is 37.8 Å². The Labute approximate surface area is 126 Å². The van der Waals surface area contributed by atoms with Crippen molar-refractivity contribution in [2.24, 2.45) is 0 Å². The Bertz CT molecular complexity index is 553. The second kappa shape index (κ2) is 5.20. The van der Waals surface area contributed by atoms with Gasteiger partial charge in [-0.3, -0.25) is 9.59 Å². The molecule has 1 aliphatic carbocycles. The van der Waals surface area contributed by atoms with Gasteiger partial charge in [-0.1, -0.05) is 40.9 Å². The van der Waals surface area contributed by atoms with E-state index in [1.165, 1.54) is 0 Å². The lowest BCUT2D eigenvalue weighted by molar-refractivity contribution is -0.154. The largest absolute Gasteiger partial charge is 0.345 e. The monoisotopic (exact) mass is 336 g/mol. The van der Waals surface area contributed by atoms with Gasteiger partial charge >= 0.3 is 0 Å². The van der Waals surface area contributed by atoms with Crippen LogP contribution in [0.4, 0.5) is 0 Å². The topological polar surface area (TPSA) is 49.4 Å². The van der Waals surface area contributed by atoms with Crippen LogP contribution in [0.25, 0.3) is 0 Å². The van der Waals surface area contributed by atoms with E-state index in [1.54, 1.807) is 4.90 Å². The highest BCUT2D eigenvalue weighted by Gasteiger charge is 2.50. The number of rotatable bonds is 2. The number of benzene rings is 1. The summed E-state index contributed by atoms with van der Waals surface area (Å²) in [5.41, 5.74) is 0.436. The molecule has 0 aromatic heterocycles. The third kappa shape index (κ3) is 2.24. The molecule has 2 fully saturated rings. The van der Waals surface area contributed by atoms with Gasteiger partial charge in [-0.15, -0.1) is 0 Å². The summed E-state index contributed by atoms with van der Waals surface area (Å²) in [6.07, 6.45) is 3.57. The SMILES string of the molecule is O=C1CNC(=O)C2(CCCC2)N1Cc1cccc(Br)c1. The Kier molecular flexibility index (Phi) is 3.54. The third-order valence-corrected chi connectivity index (χ3v) is 4.79. The second-order valence-electron chi connectivity index (χ2n) is 5.53. The van der Waals surface area contributed by atoms with Crippen molar-refractivity contribution >= 4 is 27.7 Å². The molecule has 1 spiro atoms. The molecule has 1 saturated heterocycles. The third-order valence-electron chi connectivity index (χ3n) is 4.30. The van der Waals surface area contributed by atoms with Gasteiger partial charge < -0.3 is 10.2 Å². The fourth-order valence-corrected chi connectivity index (χ4v) is 3.74. The van der Waals surface area contributed by atoms with Gasteiger partial charge in [0, 0.05) is 11.0 Å². The number of halogens is 1. The van der Waals surface area contributed by atoms with Crippen LogP contribution in [0.3, 0.4) is 0 Å². The number of carbonyl (C=O) groups is 2. The van der Waals surface area contributed by atoms with Crippen molar-refractivity contribution in [3.05, 3.63) is 34.3 Å². The molecule has 0 bridgehead atoms. The van der Waals surface area contributed by atoms with E-state index in [0.29, 0.717) is 6.54 Å². The van der Waals surface area contributed by atoms with E-state index in [0.717, 1.165) is 35.7 Å². The minimum absolute atomic E-state index is 0.0181. The molecule has 0 unspecified atom stereocenters. The van der Waals surface area contributed by atoms with E-state index in [1.807, 2.05) is 24.3 Å². The van der Waals surface area contributed by atoms with Crippen LogP contribution in [0.5, 0.6) is 0 Å². The first-order valence-electron chi connectivity index (χ1n) is 6.95. The molecule has 4 nitrogen and oxygen atoms in total. The number of amides is 2. The average Bonchev–Trinajstić information content (AvgIpc) is 2.90. The standard InChI is InChI=1S/C15H17BrN2O2/c16-12-5-3-4-11(8-12)10-18-13(19)9-17-14(20)15(18)6-1-2-7-15/h3-5,8H,1-2,6-7,9-10H2,(H,17,20). The van der Waals surface area contributed by atoms with Crippen molar-refractivity contribution in [3.8, 4) is 0 Å². The quantitative estimate of drug-likeness (QED) is 0.900. The zero-order valence-electron chi connectivity index (χ0n) is 11.2. The van der Waals surface area contributed by atoms with E-state index in [-0.39, 0.29) is 18.4 Å². The number of carbonyl (C=O) groups excluding carboxylic acids is 2. The van der Waals surface area contributed by atoms with Crippen LogP contribution in [-0.4, -0.2) is 28.8 Å². The molecule has 1 aromatic carbocycles. The number of nitrogens with one attached hydrogen (secondary N) is 1. The van der Waals surface area contributed by atoms with Crippen LogP contribution >= 0.6 is 15.9 Å². The van der Waals surface area contributed by atoms with E-state index >= 15 is 0 Å². The lowest BCUT2D eigenvalue weighted by Gasteiger charge is -2.43. The highest BCUT2D eigenvalue weighted by atomic mass is 79.9. The minimum Gasteiger partial charge on any atom is -0.345 e. The van der Waals surface area contributed by atoms with Gasteiger partial charge in [0.15, 0.2) is 0 Å². The summed E-state index contributed by atoms with van der Waals surface area (Å²) in [7, 11) is 0. The van der Waals surface area contributed by atoms with Crippen LogP contribution in [0.15, 0.2) is 28.7 Å². The van der Waals surface area contributed by atoms with Gasteiger partial charge in [0.2, 0.25) is 11.8 Å². The zero-order valence-corrected chi connectivity index (χ0v) is 12.8. The minimum atomic E-state index is -0.613. The summed E-state index contributed by atoms with van der Waals surface area (Å²) < 4.78 is 0.990. The number of piperazine rings is 1. The molecule has 0 atom stereocenters. The van der Waals surface area contributed by atoms with Crippen LogP contribution in [-0.2, 0) is 16.1 Å². The molecule has 1 N–H and O–H groups in total. The molecule has 106 valence electrons. The summed E-state index contributed by atoms with van der Waals surface area (Å²) >= 11 is 3.45. The first-order chi connectivity index (χ1) is 9.62. The summed E-state index contributed by atoms with van der Waals surface area (Å²) in [6.45, 7) is 0.625. The van der Waals surface area contributed by atoms with Gasteiger partial charge in [0.1, 0.15) is 5.54 Å². The molecule has 1 aliphatic heterocycles. The maximum atomic E-state index is 12.3. The second-order valence-corrected chi connectivity index (χ2v) is 6.45. The van der Waals surface area contributed by atoms with Crippen molar-refractivity contribution in [1.29, 1.82) is 0 Å². The molecule has 1 heterocycles. The van der Waals surface area contributed by atoms with E-state index in [4.69, 9.17) is 0 Å². The number of hydrogen-bond acceptors (Lipinski definition) is 2. The number of hydrogen-bond donors (Lipinski definition) is 1. The van der Waals surface area contributed by atoms with Crippen molar-refractivity contribution in [3.63, 3.8) is 0 Å². The smallest absolute Gasteiger partial charge is 0.246 e. The molecular weight excluding hydrogens is 320 g/mol. The Morgan fingerprint density at radius 1 is 1.25 bits per heavy atom. The van der Waals surface area contributed by atoms with E-state index in [2.05, 4.69) is 21.2 Å². The molecule has 0 radical (unpaired) electrons. The van der Waals surface area contributed by atoms with Gasteiger partial charge in [-0.2, -0.15) is 0 Å². The molecule has 2 amide bonds. The van der Waals surface area contributed by atoms with E-state index < -0.39 is 5.54 Å². The summed E-state index contributed by atoms with van der Waals surface area (Å²) in [6, 6.07) is 7.91. The summed E-state index contributed by atoms with van der Waals surface area (Å²) in [5.74, 6) is 0.0380. The average molecular weight is 337 g/mol. The Morgan fingerprint density at radius 2 is 2.00 bits per heavy atom. The first-order valence-corrected chi connectivity index (χ1v) is 7.74.